The molecule has 0 spiro atoms. The van der Waals surface area contributed by atoms with Gasteiger partial charge in [-0.3, -0.25) is 0 Å². The predicted molar refractivity (Wildman–Crippen MR) is 44.1 cm³/mol. The van der Waals surface area contributed by atoms with Gasteiger partial charge in [0.15, 0.2) is 0 Å². The molecule has 1 aromatic carbocycles. The second-order valence-electron chi connectivity index (χ2n) is 2.31. The molecule has 0 radical (unpaired) electrons. The summed E-state index contributed by atoms with van der Waals surface area (Å²) < 4.78 is 35.8. The lowest BCUT2D eigenvalue weighted by Crippen LogP contribution is -2.02. The first kappa shape index (κ1) is 10.5. The van der Waals surface area contributed by atoms with Gasteiger partial charge in [-0.1, -0.05) is 3.89 Å². The van der Waals surface area contributed by atoms with Crippen molar-refractivity contribution in [3.63, 3.8) is 0 Å². The summed E-state index contributed by atoms with van der Waals surface area (Å²) in [6.07, 6.45) is 0. The number of rotatable bonds is 3. The number of hydrogen-bond acceptors (Lipinski definition) is 4. The largest absolute Gasteiger partial charge is 0.488 e. The highest BCUT2D eigenvalue weighted by Gasteiger charge is 2.10. The minimum atomic E-state index is -5.06. The predicted octanol–water partition coefficient (Wildman–Crippen LogP) is 0.978. The summed E-state index contributed by atoms with van der Waals surface area (Å²) >= 11 is 0. The van der Waals surface area contributed by atoms with Crippen molar-refractivity contribution in [1.82, 2.24) is 0 Å². The third-order valence-electron chi connectivity index (χ3n) is 1.30. The van der Waals surface area contributed by atoms with Crippen molar-refractivity contribution in [2.24, 2.45) is 0 Å². The van der Waals surface area contributed by atoms with Crippen molar-refractivity contribution in [2.75, 3.05) is 0 Å². The van der Waals surface area contributed by atoms with E-state index in [1.807, 2.05) is 0 Å². The molecule has 0 fully saturated rings. The highest BCUT2D eigenvalue weighted by atomic mass is 32.3. The van der Waals surface area contributed by atoms with Crippen LogP contribution in [-0.2, 0) is 10.5 Å². The summed E-state index contributed by atoms with van der Waals surface area (Å²) in [5.41, 5.74) is -0.0476. The zero-order valence-electron chi connectivity index (χ0n) is 6.68. The Hall–Kier alpha value is -1.63. The average molecular weight is 220 g/mol. The molecule has 0 saturated carbocycles. The molecule has 1 aromatic rings. The van der Waals surface area contributed by atoms with Crippen molar-refractivity contribution in [2.45, 2.75) is 0 Å². The number of hydrogen-bond donors (Lipinski definition) is 1. The molecule has 76 valence electrons. The van der Waals surface area contributed by atoms with E-state index in [0.29, 0.717) is 0 Å². The lowest BCUT2D eigenvalue weighted by Gasteiger charge is -1.99. The maximum Gasteiger partial charge on any atom is 0.488 e. The van der Waals surface area contributed by atoms with Gasteiger partial charge in [0, 0.05) is 0 Å². The first-order valence-electron chi connectivity index (χ1n) is 3.36. The topological polar surface area (TPSA) is 80.7 Å². The Balaban J connectivity index is 2.90. The first-order chi connectivity index (χ1) is 6.38. The van der Waals surface area contributed by atoms with Crippen LogP contribution in [0, 0.1) is 0 Å². The summed E-state index contributed by atoms with van der Waals surface area (Å²) in [5.74, 6) is -1.45. The van der Waals surface area contributed by atoms with Crippen molar-refractivity contribution < 1.29 is 26.4 Å². The molecule has 0 aliphatic heterocycles. The lowest BCUT2D eigenvalue weighted by atomic mass is 10.2. The van der Waals surface area contributed by atoms with Crippen LogP contribution in [0.4, 0.5) is 3.89 Å². The van der Waals surface area contributed by atoms with Crippen molar-refractivity contribution in [3.8, 4) is 5.75 Å². The van der Waals surface area contributed by atoms with Crippen LogP contribution in [0.2, 0.25) is 0 Å². The summed E-state index contributed by atoms with van der Waals surface area (Å²) in [6, 6.07) is 4.28. The molecular formula is C7H5FO5S. The molecule has 5 nitrogen and oxygen atoms in total. The SMILES string of the molecule is O=C(O)c1ccc(OS(=O)(=O)F)cc1. The van der Waals surface area contributed by atoms with Gasteiger partial charge in [0.25, 0.3) is 0 Å². The van der Waals surface area contributed by atoms with Crippen LogP contribution in [-0.4, -0.2) is 19.5 Å². The minimum Gasteiger partial charge on any atom is -0.478 e. The van der Waals surface area contributed by atoms with Crippen LogP contribution < -0.4 is 4.18 Å². The average Bonchev–Trinajstić information content (AvgIpc) is 2.02. The van der Waals surface area contributed by atoms with Gasteiger partial charge in [0.05, 0.1) is 5.56 Å². The summed E-state index contributed by atoms with van der Waals surface area (Å²) in [4.78, 5) is 10.4. The fraction of sp³-hybridized carbons (Fsp3) is 0. The van der Waals surface area contributed by atoms with Gasteiger partial charge >= 0.3 is 16.5 Å². The maximum atomic E-state index is 12.0. The van der Waals surface area contributed by atoms with Crippen molar-refractivity contribution in [3.05, 3.63) is 29.8 Å². The van der Waals surface area contributed by atoms with E-state index in [-0.39, 0.29) is 11.3 Å². The molecule has 1 rings (SSSR count). The molecule has 0 aliphatic rings. The van der Waals surface area contributed by atoms with E-state index in [1.165, 1.54) is 0 Å². The van der Waals surface area contributed by atoms with Gasteiger partial charge in [0.2, 0.25) is 0 Å². The highest BCUT2D eigenvalue weighted by Crippen LogP contribution is 2.14. The van der Waals surface area contributed by atoms with E-state index in [0.717, 1.165) is 24.3 Å². The van der Waals surface area contributed by atoms with E-state index in [4.69, 9.17) is 5.11 Å². The fourth-order valence-corrected chi connectivity index (χ4v) is 1.11. The maximum absolute atomic E-state index is 12.0. The third kappa shape index (κ3) is 3.02. The molecule has 0 unspecified atom stereocenters. The second-order valence-corrected chi connectivity index (χ2v) is 3.26. The standard InChI is InChI=1S/C7H5FO5S/c8-14(11,12)13-6-3-1-5(2-4-6)7(9)10/h1-4H,(H,9,10). The summed E-state index contributed by atoms with van der Waals surface area (Å²) in [6.45, 7) is 0. The van der Waals surface area contributed by atoms with E-state index >= 15 is 0 Å². The number of carbonyl (C=O) groups is 1. The van der Waals surface area contributed by atoms with Crippen LogP contribution in [0.5, 0.6) is 5.75 Å². The Labute approximate surface area is 79.2 Å². The second kappa shape index (κ2) is 3.62. The van der Waals surface area contributed by atoms with Gasteiger partial charge in [-0.25, -0.2) is 4.79 Å². The Morgan fingerprint density at radius 2 is 1.79 bits per heavy atom. The number of carboxylic acids is 1. The molecule has 0 heterocycles. The summed E-state index contributed by atoms with van der Waals surface area (Å²) in [7, 11) is -5.06. The quantitative estimate of drug-likeness (QED) is 0.768. The molecule has 0 atom stereocenters. The van der Waals surface area contributed by atoms with Crippen molar-refractivity contribution in [1.29, 1.82) is 0 Å². The van der Waals surface area contributed by atoms with Gasteiger partial charge in [-0.05, 0) is 24.3 Å². The molecule has 14 heavy (non-hydrogen) atoms. The number of aromatic carboxylic acids is 1. The lowest BCUT2D eigenvalue weighted by molar-refractivity contribution is 0.0697. The fourth-order valence-electron chi connectivity index (χ4n) is 0.768. The van der Waals surface area contributed by atoms with Gasteiger partial charge < -0.3 is 9.29 Å². The zero-order valence-corrected chi connectivity index (χ0v) is 7.49. The van der Waals surface area contributed by atoms with Gasteiger partial charge in [0.1, 0.15) is 5.75 Å². The number of halogens is 1. The summed E-state index contributed by atoms with van der Waals surface area (Å²) in [5, 5.41) is 8.48. The number of benzene rings is 1. The van der Waals surface area contributed by atoms with Crippen LogP contribution in [0.3, 0.4) is 0 Å². The highest BCUT2D eigenvalue weighted by molar-refractivity contribution is 7.81. The Morgan fingerprint density at radius 1 is 1.29 bits per heavy atom. The Bertz CT molecular complexity index is 436. The molecular weight excluding hydrogens is 215 g/mol. The van der Waals surface area contributed by atoms with Crippen LogP contribution >= 0.6 is 0 Å². The third-order valence-corrected chi connectivity index (χ3v) is 1.69. The molecule has 1 N–H and O–H groups in total. The van der Waals surface area contributed by atoms with Crippen molar-refractivity contribution >= 4 is 16.5 Å². The monoisotopic (exact) mass is 220 g/mol. The van der Waals surface area contributed by atoms with E-state index in [9.17, 15) is 17.1 Å². The van der Waals surface area contributed by atoms with Crippen LogP contribution in [0.1, 0.15) is 10.4 Å². The molecule has 0 bridgehead atoms. The zero-order chi connectivity index (χ0) is 10.8. The molecule has 0 aromatic heterocycles. The van der Waals surface area contributed by atoms with Gasteiger partial charge in [-0.15, -0.1) is 0 Å². The molecule has 0 amide bonds. The molecule has 0 aliphatic carbocycles. The minimum absolute atomic E-state index is 0.0476. The first-order valence-corrected chi connectivity index (χ1v) is 4.67. The normalized spacial score (nSPS) is 10.9. The smallest absolute Gasteiger partial charge is 0.478 e. The molecule has 7 heteroatoms. The van der Waals surface area contributed by atoms with Crippen LogP contribution in [0.15, 0.2) is 24.3 Å². The number of carboxylic acid groups (broad SMARTS) is 1. The van der Waals surface area contributed by atoms with E-state index in [2.05, 4.69) is 4.18 Å². The Kier molecular flexibility index (Phi) is 2.70. The Morgan fingerprint density at radius 3 is 2.14 bits per heavy atom. The molecule has 0 saturated heterocycles. The van der Waals surface area contributed by atoms with Crippen LogP contribution in [0.25, 0.3) is 0 Å². The van der Waals surface area contributed by atoms with E-state index in [1.54, 1.807) is 0 Å². The van der Waals surface area contributed by atoms with Gasteiger partial charge in [-0.2, -0.15) is 8.42 Å². The van der Waals surface area contributed by atoms with E-state index < -0.39 is 16.5 Å².